The van der Waals surface area contributed by atoms with Crippen molar-refractivity contribution in [1.82, 2.24) is 0 Å². The lowest BCUT2D eigenvalue weighted by atomic mass is 10.9. The molecule has 20 heavy (non-hydrogen) atoms. The van der Waals surface area contributed by atoms with Crippen molar-refractivity contribution in [2.75, 3.05) is 0 Å². The molecule has 0 aliphatic carbocycles. The highest BCUT2D eigenvalue weighted by atomic mass is 29.3. The smallest absolute Gasteiger partial charge is 0.0470 e. The summed E-state index contributed by atoms with van der Waals surface area (Å²) in [5, 5.41) is 2.12. The molecule has 0 N–H and O–H groups in total. The molecule has 0 amide bonds. The molecular formula is C16H42Si4. The quantitative estimate of drug-likeness (QED) is 0.445. The van der Waals surface area contributed by atoms with Crippen LogP contribution in [0.15, 0.2) is 0 Å². The molecule has 0 aliphatic heterocycles. The fourth-order valence-corrected chi connectivity index (χ4v) is 44.4. The minimum Gasteiger partial charge on any atom is -0.0713 e. The maximum Gasteiger partial charge on any atom is 0.0470 e. The van der Waals surface area contributed by atoms with Crippen LogP contribution in [-0.2, 0) is 0 Å². The van der Waals surface area contributed by atoms with Gasteiger partial charge in [-0.15, -0.1) is 0 Å². The fourth-order valence-electron chi connectivity index (χ4n) is 3.68. The Kier molecular flexibility index (Phi) is 6.83. The highest BCUT2D eigenvalue weighted by Crippen LogP contribution is 2.46. The van der Waals surface area contributed by atoms with Crippen molar-refractivity contribution in [3.63, 3.8) is 0 Å². The third kappa shape index (κ3) is 3.79. The molecule has 0 rings (SSSR count). The highest BCUT2D eigenvalue weighted by molar-refractivity contribution is 7.46. The van der Waals surface area contributed by atoms with Crippen molar-refractivity contribution < 1.29 is 0 Å². The second-order valence-corrected chi connectivity index (χ2v) is 38.2. The van der Waals surface area contributed by atoms with Crippen molar-refractivity contribution in [3.05, 3.63) is 0 Å². The third-order valence-corrected chi connectivity index (χ3v) is 47.3. The zero-order valence-electron chi connectivity index (χ0n) is 16.6. The minimum atomic E-state index is -1.14. The van der Waals surface area contributed by atoms with E-state index < -0.39 is 31.3 Å². The van der Waals surface area contributed by atoms with Gasteiger partial charge in [0.2, 0.25) is 0 Å². The summed E-state index contributed by atoms with van der Waals surface area (Å²) in [5.74, 6) is 0. The molecule has 0 radical (unpaired) electrons. The van der Waals surface area contributed by atoms with Gasteiger partial charge >= 0.3 is 0 Å². The van der Waals surface area contributed by atoms with Gasteiger partial charge in [0.25, 0.3) is 0 Å². The van der Waals surface area contributed by atoms with Crippen LogP contribution in [0.3, 0.4) is 0 Å². The first-order valence-electron chi connectivity index (χ1n) is 8.68. The van der Waals surface area contributed by atoms with Gasteiger partial charge < -0.3 is 0 Å². The van der Waals surface area contributed by atoms with Gasteiger partial charge in [0.05, 0.1) is 0 Å². The zero-order chi connectivity index (χ0) is 16.6. The van der Waals surface area contributed by atoms with Gasteiger partial charge in [-0.2, -0.15) is 0 Å². The van der Waals surface area contributed by atoms with Crippen molar-refractivity contribution in [3.8, 4) is 0 Å². The maximum atomic E-state index is 2.75. The number of hydrogen-bond acceptors (Lipinski definition) is 0. The molecule has 0 aromatic heterocycles. The first kappa shape index (κ1) is 20.9. The third-order valence-electron chi connectivity index (χ3n) is 7.99. The first-order valence-corrected chi connectivity index (χ1v) is 22.4. The molecule has 0 nitrogen and oxygen atoms in total. The monoisotopic (exact) mass is 346 g/mol. The number of hydrogen-bond donors (Lipinski definition) is 0. The van der Waals surface area contributed by atoms with Crippen molar-refractivity contribution >= 4 is 31.3 Å². The summed E-state index contributed by atoms with van der Waals surface area (Å²) in [7, 11) is -4.35. The molecular weight excluding hydrogens is 305 g/mol. The fraction of sp³-hybridized carbons (Fsp3) is 1.00. The van der Waals surface area contributed by atoms with Gasteiger partial charge in [0.1, 0.15) is 0 Å². The van der Waals surface area contributed by atoms with E-state index in [1.54, 1.807) is 0 Å². The van der Waals surface area contributed by atoms with Crippen molar-refractivity contribution in [2.45, 2.75) is 102 Å². The molecule has 2 atom stereocenters. The molecule has 0 spiro atoms. The predicted molar refractivity (Wildman–Crippen MR) is 110 cm³/mol. The molecule has 0 saturated heterocycles. The van der Waals surface area contributed by atoms with Crippen LogP contribution < -0.4 is 0 Å². The van der Waals surface area contributed by atoms with Crippen LogP contribution >= 0.6 is 0 Å². The van der Waals surface area contributed by atoms with Crippen LogP contribution in [0.2, 0.25) is 74.8 Å². The van der Waals surface area contributed by atoms with Crippen LogP contribution in [0.4, 0.5) is 0 Å². The molecule has 0 aromatic carbocycles. The number of rotatable bonds is 7. The lowest BCUT2D eigenvalue weighted by Gasteiger charge is -2.54. The second-order valence-electron chi connectivity index (χ2n) is 9.57. The van der Waals surface area contributed by atoms with E-state index in [1.165, 1.54) is 12.1 Å². The van der Waals surface area contributed by atoms with Crippen molar-refractivity contribution in [1.29, 1.82) is 0 Å². The van der Waals surface area contributed by atoms with Crippen LogP contribution in [0.25, 0.3) is 0 Å². The molecule has 0 bridgehead atoms. The molecule has 0 heterocycles. The Morgan fingerprint density at radius 2 is 0.750 bits per heavy atom. The summed E-state index contributed by atoms with van der Waals surface area (Å²) in [4.78, 5) is 0. The summed E-state index contributed by atoms with van der Waals surface area (Å²) in [6.07, 6.45) is 0. The summed E-state index contributed by atoms with van der Waals surface area (Å²) < 4.78 is 0. The minimum absolute atomic E-state index is 1.03. The van der Waals surface area contributed by atoms with E-state index >= 15 is 0 Å². The molecule has 0 fully saturated rings. The Hall–Kier alpha value is 0.868. The molecule has 0 aromatic rings. The second kappa shape index (κ2) is 6.55. The molecule has 2 unspecified atom stereocenters. The summed E-state index contributed by atoms with van der Waals surface area (Å²) in [6.45, 7) is 31.8. The SMILES string of the molecule is CC[Si](C)(C)C(C)[Si](C)(C)[Si](C)(C)C(C)[Si](C)(C)CC. The van der Waals surface area contributed by atoms with E-state index in [0.717, 1.165) is 10.3 Å². The van der Waals surface area contributed by atoms with Gasteiger partial charge in [0, 0.05) is 31.3 Å². The molecule has 122 valence electrons. The Morgan fingerprint density at radius 1 is 0.550 bits per heavy atom. The van der Waals surface area contributed by atoms with Crippen LogP contribution in [0, 0.1) is 0 Å². The van der Waals surface area contributed by atoms with Gasteiger partial charge in [-0.3, -0.25) is 0 Å². The van der Waals surface area contributed by atoms with Gasteiger partial charge in [0.15, 0.2) is 0 Å². The summed E-state index contributed by atoms with van der Waals surface area (Å²) in [5.41, 5.74) is 0. The van der Waals surface area contributed by atoms with E-state index in [-0.39, 0.29) is 0 Å². The van der Waals surface area contributed by atoms with E-state index in [4.69, 9.17) is 0 Å². The van der Waals surface area contributed by atoms with Crippen LogP contribution in [-0.4, -0.2) is 31.3 Å². The summed E-state index contributed by atoms with van der Waals surface area (Å²) in [6, 6.07) is 2.91. The predicted octanol–water partition coefficient (Wildman–Crippen LogP) is 6.80. The zero-order valence-corrected chi connectivity index (χ0v) is 20.6. The van der Waals surface area contributed by atoms with E-state index in [0.29, 0.717) is 0 Å². The Labute approximate surface area is 134 Å². The first-order chi connectivity index (χ1) is 8.68. The molecule has 0 aliphatic rings. The lowest BCUT2D eigenvalue weighted by Crippen LogP contribution is -2.67. The largest absolute Gasteiger partial charge is 0.0713 e. The van der Waals surface area contributed by atoms with E-state index in [1.807, 2.05) is 0 Å². The molecule has 4 heteroatoms. The Bertz CT molecular complexity index is 286. The Morgan fingerprint density at radius 3 is 0.900 bits per heavy atom. The van der Waals surface area contributed by atoms with Gasteiger partial charge in [-0.05, 0) is 0 Å². The maximum absolute atomic E-state index is 2.75. The normalized spacial score (nSPS) is 18.0. The topological polar surface area (TPSA) is 0 Å². The van der Waals surface area contributed by atoms with Crippen LogP contribution in [0.1, 0.15) is 27.7 Å². The highest BCUT2D eigenvalue weighted by Gasteiger charge is 2.54. The standard InChI is InChI=1S/C16H42Si4/c1-13-17(5,6)15(3)19(9,10)20(11,12)16(4)18(7,8)14-2/h15-16H,13-14H2,1-12H3. The van der Waals surface area contributed by atoms with Crippen molar-refractivity contribution in [2.24, 2.45) is 0 Å². The van der Waals surface area contributed by atoms with Crippen LogP contribution in [0.5, 0.6) is 0 Å². The average molecular weight is 347 g/mol. The van der Waals surface area contributed by atoms with E-state index in [9.17, 15) is 0 Å². The van der Waals surface area contributed by atoms with Gasteiger partial charge in [-0.25, -0.2) is 0 Å². The average Bonchev–Trinajstić information content (AvgIpc) is 2.36. The lowest BCUT2D eigenvalue weighted by molar-refractivity contribution is 1.11. The Balaban J connectivity index is 5.57. The summed E-state index contributed by atoms with van der Waals surface area (Å²) >= 11 is 0. The molecule has 0 saturated carbocycles. The van der Waals surface area contributed by atoms with E-state index in [2.05, 4.69) is 80.1 Å². The van der Waals surface area contributed by atoms with Gasteiger partial charge in [-0.1, -0.05) is 102 Å².